The van der Waals surface area contributed by atoms with Crippen molar-refractivity contribution in [3.05, 3.63) is 40.1 Å². The number of nitrogens with one attached hydrogen (secondary N) is 1. The highest BCUT2D eigenvalue weighted by Gasteiger charge is 2.29. The molecule has 6 heteroatoms. The largest absolute Gasteiger partial charge is 0.348 e. The fourth-order valence-electron chi connectivity index (χ4n) is 3.29. The zero-order chi connectivity index (χ0) is 15.8. The van der Waals surface area contributed by atoms with Crippen molar-refractivity contribution in [2.24, 2.45) is 0 Å². The van der Waals surface area contributed by atoms with E-state index in [1.54, 1.807) is 11.3 Å². The van der Waals surface area contributed by atoms with Gasteiger partial charge in [0.1, 0.15) is 0 Å². The smallest absolute Gasteiger partial charge is 0.234 e. The first-order valence-electron chi connectivity index (χ1n) is 8.30. The van der Waals surface area contributed by atoms with E-state index in [2.05, 4.69) is 25.8 Å². The van der Waals surface area contributed by atoms with Gasteiger partial charge in [-0.1, -0.05) is 6.07 Å². The highest BCUT2D eigenvalue weighted by atomic mass is 32.1. The van der Waals surface area contributed by atoms with E-state index in [0.717, 1.165) is 25.2 Å². The van der Waals surface area contributed by atoms with Gasteiger partial charge in [-0.2, -0.15) is 0 Å². The van der Waals surface area contributed by atoms with E-state index in [1.807, 2.05) is 24.7 Å². The van der Waals surface area contributed by atoms with Crippen LogP contribution in [-0.4, -0.2) is 33.4 Å². The number of nitrogens with zero attached hydrogens (tertiary/aromatic N) is 3. The lowest BCUT2D eigenvalue weighted by Gasteiger charge is -2.27. The van der Waals surface area contributed by atoms with E-state index in [0.29, 0.717) is 12.6 Å². The van der Waals surface area contributed by atoms with Crippen LogP contribution >= 0.6 is 11.3 Å². The van der Waals surface area contributed by atoms with Crippen molar-refractivity contribution in [2.75, 3.05) is 13.1 Å². The van der Waals surface area contributed by atoms with Crippen LogP contribution in [0.15, 0.2) is 23.8 Å². The summed E-state index contributed by atoms with van der Waals surface area (Å²) in [4.78, 5) is 20.2. The minimum atomic E-state index is 0.0805. The zero-order valence-electron chi connectivity index (χ0n) is 13.4. The molecule has 1 amide bonds. The molecule has 1 N–H and O–H groups in total. The van der Waals surface area contributed by atoms with Crippen LogP contribution in [0.3, 0.4) is 0 Å². The fraction of sp³-hybridized carbons (Fsp3) is 0.529. The number of amides is 1. The van der Waals surface area contributed by atoms with Crippen LogP contribution in [0.25, 0.3) is 0 Å². The summed E-state index contributed by atoms with van der Waals surface area (Å²) in [6, 6.07) is 4.85. The van der Waals surface area contributed by atoms with Crippen molar-refractivity contribution in [1.82, 2.24) is 19.8 Å². The molecular formula is C17H22N4OS. The molecule has 1 aliphatic carbocycles. The number of hydrogen-bond acceptors (Lipinski definition) is 4. The van der Waals surface area contributed by atoms with Crippen molar-refractivity contribution >= 4 is 17.2 Å². The van der Waals surface area contributed by atoms with Crippen molar-refractivity contribution in [3.63, 3.8) is 0 Å². The maximum atomic E-state index is 12.3. The third kappa shape index (κ3) is 3.19. The molecule has 1 atom stereocenters. The molecule has 5 nitrogen and oxygen atoms in total. The predicted molar refractivity (Wildman–Crippen MR) is 90.4 cm³/mol. The molecule has 23 heavy (non-hydrogen) atoms. The first kappa shape index (κ1) is 14.9. The Balaban J connectivity index is 1.33. The normalized spacial score (nSPS) is 19.3. The highest BCUT2D eigenvalue weighted by molar-refractivity contribution is 7.10. The number of carbonyl (C=O) groups excluding carboxylic acids is 1. The van der Waals surface area contributed by atoms with Crippen molar-refractivity contribution in [1.29, 1.82) is 0 Å². The first-order valence-corrected chi connectivity index (χ1v) is 9.18. The Morgan fingerprint density at radius 2 is 2.39 bits per heavy atom. The van der Waals surface area contributed by atoms with Crippen LogP contribution in [-0.2, 0) is 17.8 Å². The standard InChI is InChI=1S/C17H22N4OS/c1-12(16-3-2-8-23-16)19-17(22)10-20-7-6-15-14(9-20)18-11-21(15)13-4-5-13/h2-3,8,11-13H,4-7,9-10H2,1H3,(H,19,22). The molecule has 2 aliphatic rings. The van der Waals surface area contributed by atoms with Gasteiger partial charge in [0.15, 0.2) is 0 Å². The number of hydrogen-bond donors (Lipinski definition) is 1. The Morgan fingerprint density at radius 1 is 1.52 bits per heavy atom. The van der Waals surface area contributed by atoms with E-state index in [9.17, 15) is 4.79 Å². The number of aromatic nitrogens is 2. The summed E-state index contributed by atoms with van der Waals surface area (Å²) in [5.41, 5.74) is 2.54. The SMILES string of the molecule is CC(NC(=O)CN1CCc2c(ncn2C2CC2)C1)c1cccs1. The van der Waals surface area contributed by atoms with E-state index in [-0.39, 0.29) is 11.9 Å². The van der Waals surface area contributed by atoms with Gasteiger partial charge in [-0.05, 0) is 31.2 Å². The van der Waals surface area contributed by atoms with Crippen LogP contribution in [0, 0.1) is 0 Å². The van der Waals surface area contributed by atoms with Gasteiger partial charge in [0.05, 0.1) is 24.6 Å². The van der Waals surface area contributed by atoms with Gasteiger partial charge in [0.25, 0.3) is 0 Å². The van der Waals surface area contributed by atoms with E-state index in [1.165, 1.54) is 23.4 Å². The van der Waals surface area contributed by atoms with Gasteiger partial charge in [0.2, 0.25) is 5.91 Å². The Labute approximate surface area is 140 Å². The third-order valence-corrected chi connectivity index (χ3v) is 5.73. The molecule has 0 aromatic carbocycles. The molecule has 1 aliphatic heterocycles. The lowest BCUT2D eigenvalue weighted by atomic mass is 10.1. The second-order valence-electron chi connectivity index (χ2n) is 6.54. The molecule has 122 valence electrons. The minimum absolute atomic E-state index is 0.0805. The minimum Gasteiger partial charge on any atom is -0.348 e. The molecule has 1 saturated carbocycles. The first-order chi connectivity index (χ1) is 11.2. The molecular weight excluding hydrogens is 308 g/mol. The molecule has 1 unspecified atom stereocenters. The van der Waals surface area contributed by atoms with Crippen LogP contribution in [0.4, 0.5) is 0 Å². The molecule has 0 bridgehead atoms. The summed E-state index contributed by atoms with van der Waals surface area (Å²) in [6.45, 7) is 4.21. The quantitative estimate of drug-likeness (QED) is 0.916. The Hall–Kier alpha value is -1.66. The topological polar surface area (TPSA) is 50.2 Å². The average Bonchev–Trinajstić information content (AvgIpc) is 3.07. The van der Waals surface area contributed by atoms with Crippen molar-refractivity contribution in [3.8, 4) is 0 Å². The second kappa shape index (κ2) is 6.09. The Bertz CT molecular complexity index is 690. The number of thiophene rings is 1. The number of rotatable bonds is 5. The van der Waals surface area contributed by atoms with Crippen molar-refractivity contribution < 1.29 is 4.79 Å². The molecule has 0 radical (unpaired) electrons. The summed E-state index contributed by atoms with van der Waals surface area (Å²) in [5.74, 6) is 0.0935. The monoisotopic (exact) mass is 330 g/mol. The lowest BCUT2D eigenvalue weighted by Crippen LogP contribution is -2.40. The summed E-state index contributed by atoms with van der Waals surface area (Å²) in [6.07, 6.45) is 5.56. The van der Waals surface area contributed by atoms with Crippen LogP contribution in [0.5, 0.6) is 0 Å². The molecule has 4 rings (SSSR count). The summed E-state index contributed by atoms with van der Waals surface area (Å²) in [5, 5.41) is 5.13. The molecule has 0 saturated heterocycles. The average molecular weight is 330 g/mol. The number of imidazole rings is 1. The summed E-state index contributed by atoms with van der Waals surface area (Å²) in [7, 11) is 0. The highest BCUT2D eigenvalue weighted by Crippen LogP contribution is 2.37. The predicted octanol–water partition coefficient (Wildman–Crippen LogP) is 2.52. The number of fused-ring (bicyclic) bond motifs is 1. The van der Waals surface area contributed by atoms with Gasteiger partial charge in [0, 0.05) is 36.1 Å². The maximum Gasteiger partial charge on any atom is 0.234 e. The second-order valence-corrected chi connectivity index (χ2v) is 7.52. The fourth-order valence-corrected chi connectivity index (χ4v) is 4.02. The molecule has 0 spiro atoms. The van der Waals surface area contributed by atoms with Crippen LogP contribution in [0.2, 0.25) is 0 Å². The number of carbonyl (C=O) groups is 1. The van der Waals surface area contributed by atoms with E-state index in [4.69, 9.17) is 0 Å². The summed E-state index contributed by atoms with van der Waals surface area (Å²) < 4.78 is 2.35. The van der Waals surface area contributed by atoms with Gasteiger partial charge in [-0.25, -0.2) is 4.98 Å². The maximum absolute atomic E-state index is 12.3. The molecule has 2 aromatic heterocycles. The van der Waals surface area contributed by atoms with Crippen LogP contribution in [0.1, 0.15) is 48.1 Å². The van der Waals surface area contributed by atoms with E-state index < -0.39 is 0 Å². The van der Waals surface area contributed by atoms with Gasteiger partial charge in [-0.15, -0.1) is 11.3 Å². The van der Waals surface area contributed by atoms with Crippen LogP contribution < -0.4 is 5.32 Å². The lowest BCUT2D eigenvalue weighted by molar-refractivity contribution is -0.123. The van der Waals surface area contributed by atoms with Gasteiger partial charge >= 0.3 is 0 Å². The Kier molecular flexibility index (Phi) is 3.95. The molecule has 3 heterocycles. The Morgan fingerprint density at radius 3 is 3.13 bits per heavy atom. The van der Waals surface area contributed by atoms with Crippen molar-refractivity contribution in [2.45, 2.75) is 44.8 Å². The molecule has 1 fully saturated rings. The third-order valence-electron chi connectivity index (χ3n) is 4.68. The van der Waals surface area contributed by atoms with Gasteiger partial charge in [-0.3, -0.25) is 9.69 Å². The zero-order valence-corrected chi connectivity index (χ0v) is 14.2. The van der Waals surface area contributed by atoms with Gasteiger partial charge < -0.3 is 9.88 Å². The summed E-state index contributed by atoms with van der Waals surface area (Å²) >= 11 is 1.68. The molecule has 2 aromatic rings. The van der Waals surface area contributed by atoms with E-state index >= 15 is 0 Å².